The second kappa shape index (κ2) is 4.79. The standard InChI is InChI=1S/C6H14O2.BH3O3/c1-5(2,7)6(3,4)8;2-1(3)4/h7-8H,1-4H3;2-4H. The molecule has 0 aliphatic heterocycles. The molecule has 0 aliphatic carbocycles. The highest BCUT2D eigenvalue weighted by Gasteiger charge is 2.31. The van der Waals surface area contributed by atoms with E-state index in [9.17, 15) is 0 Å². The molecule has 0 saturated carbocycles. The van der Waals surface area contributed by atoms with Gasteiger partial charge in [0.15, 0.2) is 0 Å². The maximum Gasteiger partial charge on any atom is 0.631 e. The summed E-state index contributed by atoms with van der Waals surface area (Å²) in [6, 6.07) is 0. The molecular formula is C6H17BO5. The monoisotopic (exact) mass is 180 g/mol. The minimum Gasteiger partial charge on any atom is -0.402 e. The first-order valence-corrected chi connectivity index (χ1v) is 3.47. The zero-order chi connectivity index (χ0) is 10.6. The molecule has 6 heteroatoms. The predicted molar refractivity (Wildman–Crippen MR) is 45.0 cm³/mol. The lowest BCUT2D eigenvalue weighted by Crippen LogP contribution is -2.44. The fourth-order valence-corrected chi connectivity index (χ4v) is 0. The molecule has 5 nitrogen and oxygen atoms in total. The Morgan fingerprint density at radius 1 is 0.750 bits per heavy atom. The van der Waals surface area contributed by atoms with Crippen LogP contribution < -0.4 is 0 Å². The van der Waals surface area contributed by atoms with Gasteiger partial charge in [-0.05, 0) is 27.7 Å². The molecule has 0 radical (unpaired) electrons. The van der Waals surface area contributed by atoms with Crippen LogP contribution in [0.4, 0.5) is 0 Å². The van der Waals surface area contributed by atoms with Gasteiger partial charge in [-0.15, -0.1) is 0 Å². The molecule has 0 aromatic rings. The Bertz CT molecular complexity index is 97.3. The molecule has 0 aliphatic rings. The van der Waals surface area contributed by atoms with E-state index in [0.717, 1.165) is 0 Å². The lowest BCUT2D eigenvalue weighted by Gasteiger charge is -2.31. The van der Waals surface area contributed by atoms with Crippen molar-refractivity contribution >= 4 is 7.32 Å². The molecule has 0 unspecified atom stereocenters. The molecule has 0 aromatic heterocycles. The predicted octanol–water partition coefficient (Wildman–Crippen LogP) is -1.52. The Kier molecular flexibility index (Phi) is 5.74. The molecular weight excluding hydrogens is 163 g/mol. The van der Waals surface area contributed by atoms with Crippen LogP contribution in [-0.2, 0) is 0 Å². The average molecular weight is 180 g/mol. The highest BCUT2D eigenvalue weighted by molar-refractivity contribution is 6.30. The molecule has 0 aromatic carbocycles. The van der Waals surface area contributed by atoms with Crippen LogP contribution >= 0.6 is 0 Å². The Morgan fingerprint density at radius 2 is 0.833 bits per heavy atom. The summed E-state index contributed by atoms with van der Waals surface area (Å²) in [4.78, 5) is 0. The van der Waals surface area contributed by atoms with E-state index in [2.05, 4.69) is 0 Å². The van der Waals surface area contributed by atoms with E-state index in [1.54, 1.807) is 27.7 Å². The Balaban J connectivity index is 0. The summed E-state index contributed by atoms with van der Waals surface area (Å²) in [7, 11) is -2.17. The topological polar surface area (TPSA) is 101 Å². The molecule has 0 amide bonds. The fraction of sp³-hybridized carbons (Fsp3) is 1.00. The van der Waals surface area contributed by atoms with Gasteiger partial charge in [0, 0.05) is 0 Å². The van der Waals surface area contributed by atoms with Crippen LogP contribution in [0.2, 0.25) is 0 Å². The van der Waals surface area contributed by atoms with Gasteiger partial charge in [0.1, 0.15) is 0 Å². The third-order valence-electron chi connectivity index (χ3n) is 1.50. The smallest absolute Gasteiger partial charge is 0.402 e. The van der Waals surface area contributed by atoms with Crippen LogP contribution in [0, 0.1) is 0 Å². The summed E-state index contributed by atoms with van der Waals surface area (Å²) < 4.78 is 0. The van der Waals surface area contributed by atoms with Crippen LogP contribution in [-0.4, -0.2) is 43.8 Å². The van der Waals surface area contributed by atoms with Crippen LogP contribution in [0.25, 0.3) is 0 Å². The van der Waals surface area contributed by atoms with Crippen molar-refractivity contribution in [1.29, 1.82) is 0 Å². The highest BCUT2D eigenvalue weighted by Crippen LogP contribution is 2.19. The van der Waals surface area contributed by atoms with Crippen molar-refractivity contribution in [3.63, 3.8) is 0 Å². The molecule has 12 heavy (non-hydrogen) atoms. The lowest BCUT2D eigenvalue weighted by atomic mass is 9.90. The Hall–Kier alpha value is -0.135. The Morgan fingerprint density at radius 3 is 0.833 bits per heavy atom. The maximum absolute atomic E-state index is 9.10. The summed E-state index contributed by atoms with van der Waals surface area (Å²) in [5, 5.41) is 39.7. The van der Waals surface area contributed by atoms with Gasteiger partial charge in [-0.25, -0.2) is 0 Å². The van der Waals surface area contributed by atoms with Gasteiger partial charge >= 0.3 is 7.32 Å². The average Bonchev–Trinajstić information content (AvgIpc) is 1.55. The van der Waals surface area contributed by atoms with E-state index in [1.165, 1.54) is 0 Å². The van der Waals surface area contributed by atoms with Crippen molar-refractivity contribution in [3.05, 3.63) is 0 Å². The van der Waals surface area contributed by atoms with E-state index >= 15 is 0 Å². The van der Waals surface area contributed by atoms with E-state index < -0.39 is 18.5 Å². The number of aliphatic hydroxyl groups is 2. The van der Waals surface area contributed by atoms with Crippen molar-refractivity contribution in [2.45, 2.75) is 38.9 Å². The minimum atomic E-state index is -2.17. The summed E-state index contributed by atoms with van der Waals surface area (Å²) in [5.41, 5.74) is -2.01. The normalized spacial score (nSPS) is 11.8. The van der Waals surface area contributed by atoms with Crippen LogP contribution in [0.5, 0.6) is 0 Å². The van der Waals surface area contributed by atoms with E-state index in [-0.39, 0.29) is 0 Å². The second-order valence-corrected chi connectivity index (χ2v) is 3.46. The molecule has 0 fully saturated rings. The summed E-state index contributed by atoms with van der Waals surface area (Å²) in [6.45, 7) is 6.31. The largest absolute Gasteiger partial charge is 0.631 e. The third kappa shape index (κ3) is 9.86. The van der Waals surface area contributed by atoms with Gasteiger partial charge in [0.25, 0.3) is 0 Å². The minimum absolute atomic E-state index is 1.01. The summed E-state index contributed by atoms with van der Waals surface area (Å²) >= 11 is 0. The summed E-state index contributed by atoms with van der Waals surface area (Å²) in [5.74, 6) is 0. The number of hydrogen-bond acceptors (Lipinski definition) is 5. The zero-order valence-electron chi connectivity index (χ0n) is 7.81. The van der Waals surface area contributed by atoms with Crippen molar-refractivity contribution in [2.24, 2.45) is 0 Å². The van der Waals surface area contributed by atoms with Gasteiger partial charge < -0.3 is 25.3 Å². The van der Waals surface area contributed by atoms with Crippen molar-refractivity contribution < 1.29 is 25.3 Å². The number of hydrogen-bond donors (Lipinski definition) is 5. The molecule has 0 bridgehead atoms. The van der Waals surface area contributed by atoms with Gasteiger partial charge in [0.2, 0.25) is 0 Å². The Labute approximate surface area is 72.5 Å². The number of rotatable bonds is 1. The molecule has 0 saturated heterocycles. The maximum atomic E-state index is 9.10. The molecule has 0 atom stereocenters. The van der Waals surface area contributed by atoms with Gasteiger partial charge in [-0.2, -0.15) is 0 Å². The SMILES string of the molecule is CC(C)(O)C(C)(C)O.OB(O)O. The molecule has 74 valence electrons. The zero-order valence-corrected chi connectivity index (χ0v) is 7.81. The molecule has 0 heterocycles. The van der Waals surface area contributed by atoms with Crippen LogP contribution in [0.3, 0.4) is 0 Å². The first-order chi connectivity index (χ1) is 4.98. The second-order valence-electron chi connectivity index (χ2n) is 3.46. The lowest BCUT2D eigenvalue weighted by molar-refractivity contribution is -0.107. The molecule has 0 spiro atoms. The molecule has 5 N–H and O–H groups in total. The van der Waals surface area contributed by atoms with E-state index in [4.69, 9.17) is 25.3 Å². The first kappa shape index (κ1) is 14.4. The van der Waals surface area contributed by atoms with E-state index in [1.807, 2.05) is 0 Å². The van der Waals surface area contributed by atoms with Gasteiger partial charge in [-0.3, -0.25) is 0 Å². The fourth-order valence-electron chi connectivity index (χ4n) is 0. The summed E-state index contributed by atoms with van der Waals surface area (Å²) in [6.07, 6.45) is 0. The van der Waals surface area contributed by atoms with Crippen LogP contribution in [0.15, 0.2) is 0 Å². The van der Waals surface area contributed by atoms with Gasteiger partial charge in [0.05, 0.1) is 11.2 Å². The first-order valence-electron chi connectivity index (χ1n) is 3.47. The van der Waals surface area contributed by atoms with E-state index in [0.29, 0.717) is 0 Å². The quantitative estimate of drug-likeness (QED) is 0.315. The van der Waals surface area contributed by atoms with Crippen molar-refractivity contribution in [1.82, 2.24) is 0 Å². The van der Waals surface area contributed by atoms with Crippen LogP contribution in [0.1, 0.15) is 27.7 Å². The van der Waals surface area contributed by atoms with Crippen molar-refractivity contribution in [2.75, 3.05) is 0 Å². The third-order valence-corrected chi connectivity index (χ3v) is 1.50. The molecule has 0 rings (SSSR count). The van der Waals surface area contributed by atoms with Crippen molar-refractivity contribution in [3.8, 4) is 0 Å². The van der Waals surface area contributed by atoms with Gasteiger partial charge in [-0.1, -0.05) is 0 Å². The highest BCUT2D eigenvalue weighted by atomic mass is 16.5.